The van der Waals surface area contributed by atoms with Crippen LogP contribution in [0.25, 0.3) is 10.8 Å². The summed E-state index contributed by atoms with van der Waals surface area (Å²) in [6.07, 6.45) is 3.20. The van der Waals surface area contributed by atoms with E-state index in [1.165, 1.54) is 0 Å². The Morgan fingerprint density at radius 2 is 1.77 bits per heavy atom. The van der Waals surface area contributed by atoms with Crippen LogP contribution in [0.5, 0.6) is 0 Å². The number of esters is 1. The van der Waals surface area contributed by atoms with E-state index in [0.29, 0.717) is 13.2 Å². The molecule has 1 N–H and O–H groups in total. The minimum atomic E-state index is -3.53. The normalized spacial score (nSPS) is 20.8. The highest BCUT2D eigenvalue weighted by molar-refractivity contribution is 7.89. The first-order valence-electron chi connectivity index (χ1n) is 9.14. The van der Waals surface area contributed by atoms with Crippen LogP contribution in [-0.2, 0) is 19.6 Å². The lowest BCUT2D eigenvalue weighted by atomic mass is 9.82. The topological polar surface area (TPSA) is 72.5 Å². The van der Waals surface area contributed by atoms with Gasteiger partial charge >= 0.3 is 5.97 Å². The molecule has 1 fully saturated rings. The van der Waals surface area contributed by atoms with Gasteiger partial charge in [-0.2, -0.15) is 0 Å². The van der Waals surface area contributed by atoms with E-state index in [1.807, 2.05) is 37.3 Å². The third-order valence-corrected chi connectivity index (χ3v) is 6.48. The predicted molar refractivity (Wildman–Crippen MR) is 101 cm³/mol. The summed E-state index contributed by atoms with van der Waals surface area (Å²) in [4.78, 5) is 12.1. The molecule has 0 heterocycles. The molecule has 0 aromatic heterocycles. The van der Waals surface area contributed by atoms with Gasteiger partial charge in [0.2, 0.25) is 10.0 Å². The van der Waals surface area contributed by atoms with Gasteiger partial charge in [-0.05, 0) is 61.4 Å². The summed E-state index contributed by atoms with van der Waals surface area (Å²) < 4.78 is 33.0. The molecule has 0 saturated heterocycles. The number of nitrogens with one attached hydrogen (secondary N) is 1. The lowest BCUT2D eigenvalue weighted by Crippen LogP contribution is -2.32. The molecule has 0 radical (unpaired) electrons. The van der Waals surface area contributed by atoms with Gasteiger partial charge in [0.15, 0.2) is 0 Å². The maximum absolute atomic E-state index is 12.6. The van der Waals surface area contributed by atoms with Crippen molar-refractivity contribution in [1.29, 1.82) is 0 Å². The largest absolute Gasteiger partial charge is 0.466 e. The van der Waals surface area contributed by atoms with Crippen LogP contribution in [0.1, 0.15) is 32.6 Å². The first-order valence-corrected chi connectivity index (χ1v) is 10.6. The van der Waals surface area contributed by atoms with Gasteiger partial charge in [-0.3, -0.25) is 4.79 Å². The summed E-state index contributed by atoms with van der Waals surface area (Å²) in [5, 5.41) is 1.93. The number of hydrogen-bond acceptors (Lipinski definition) is 4. The fourth-order valence-corrected chi connectivity index (χ4v) is 4.66. The molecule has 0 aliphatic heterocycles. The highest BCUT2D eigenvalue weighted by Crippen LogP contribution is 2.29. The lowest BCUT2D eigenvalue weighted by Gasteiger charge is -2.27. The van der Waals surface area contributed by atoms with Crippen LogP contribution in [0, 0.1) is 11.8 Å². The quantitative estimate of drug-likeness (QED) is 0.785. The molecule has 2 aromatic carbocycles. The Balaban J connectivity index is 1.57. The maximum Gasteiger partial charge on any atom is 0.308 e. The number of carbonyl (C=O) groups is 1. The predicted octanol–water partition coefficient (Wildman–Crippen LogP) is 3.49. The van der Waals surface area contributed by atoms with Gasteiger partial charge in [0.25, 0.3) is 0 Å². The van der Waals surface area contributed by atoms with E-state index in [2.05, 4.69) is 4.72 Å². The van der Waals surface area contributed by atoms with E-state index in [0.717, 1.165) is 36.5 Å². The molecule has 26 heavy (non-hydrogen) atoms. The van der Waals surface area contributed by atoms with E-state index in [-0.39, 0.29) is 22.7 Å². The third-order valence-electron chi connectivity index (χ3n) is 5.06. The van der Waals surface area contributed by atoms with Gasteiger partial charge in [0.05, 0.1) is 17.4 Å². The second kappa shape index (κ2) is 8.18. The highest BCUT2D eigenvalue weighted by atomic mass is 32.2. The molecule has 0 atom stereocenters. The molecule has 1 aliphatic carbocycles. The van der Waals surface area contributed by atoms with Crippen molar-refractivity contribution >= 4 is 26.8 Å². The Morgan fingerprint density at radius 3 is 2.46 bits per heavy atom. The van der Waals surface area contributed by atoms with E-state index in [4.69, 9.17) is 4.74 Å². The number of sulfonamides is 1. The van der Waals surface area contributed by atoms with Crippen molar-refractivity contribution in [2.75, 3.05) is 13.2 Å². The van der Waals surface area contributed by atoms with Gasteiger partial charge in [-0.1, -0.05) is 30.3 Å². The first kappa shape index (κ1) is 18.9. The van der Waals surface area contributed by atoms with Crippen LogP contribution < -0.4 is 4.72 Å². The van der Waals surface area contributed by atoms with Crippen LogP contribution in [0.2, 0.25) is 0 Å². The molecular weight excluding hydrogens is 350 g/mol. The van der Waals surface area contributed by atoms with Crippen LogP contribution in [0.4, 0.5) is 0 Å². The van der Waals surface area contributed by atoms with Crippen molar-refractivity contribution < 1.29 is 17.9 Å². The van der Waals surface area contributed by atoms with Crippen molar-refractivity contribution in [2.24, 2.45) is 11.8 Å². The molecule has 0 amide bonds. The second-order valence-electron chi connectivity index (χ2n) is 6.83. The average Bonchev–Trinajstić information content (AvgIpc) is 2.66. The lowest BCUT2D eigenvalue weighted by molar-refractivity contribution is -0.149. The maximum atomic E-state index is 12.6. The van der Waals surface area contributed by atoms with Crippen molar-refractivity contribution in [2.45, 2.75) is 37.5 Å². The van der Waals surface area contributed by atoms with Crippen LogP contribution in [0.15, 0.2) is 47.4 Å². The second-order valence-corrected chi connectivity index (χ2v) is 8.60. The molecule has 3 rings (SSSR count). The minimum absolute atomic E-state index is 0.0386. The standard InChI is InChI=1S/C20H25NO4S/c1-2-25-20(22)17-9-7-15(8-10-17)14-21-26(23,24)19-12-11-16-5-3-4-6-18(16)13-19/h3-6,11-13,15,17,21H,2,7-10,14H2,1H3. The fraction of sp³-hybridized carbons (Fsp3) is 0.450. The van der Waals surface area contributed by atoms with Crippen LogP contribution >= 0.6 is 0 Å². The SMILES string of the molecule is CCOC(=O)C1CCC(CNS(=O)(=O)c2ccc3ccccc3c2)CC1. The number of benzene rings is 2. The van der Waals surface area contributed by atoms with Crippen LogP contribution in [0.3, 0.4) is 0 Å². The molecule has 5 nitrogen and oxygen atoms in total. The molecular formula is C20H25NO4S. The van der Waals surface area contributed by atoms with Crippen molar-refractivity contribution in [3.63, 3.8) is 0 Å². The van der Waals surface area contributed by atoms with Gasteiger partial charge in [-0.25, -0.2) is 13.1 Å². The zero-order chi connectivity index (χ0) is 18.6. The zero-order valence-electron chi connectivity index (χ0n) is 15.0. The molecule has 1 aliphatic rings. The Labute approximate surface area is 154 Å². The number of hydrogen-bond donors (Lipinski definition) is 1. The molecule has 0 spiro atoms. The Morgan fingerprint density at radius 1 is 1.08 bits per heavy atom. The molecule has 2 aromatic rings. The fourth-order valence-electron chi connectivity index (χ4n) is 3.51. The van der Waals surface area contributed by atoms with Gasteiger partial charge in [0, 0.05) is 6.54 Å². The van der Waals surface area contributed by atoms with Gasteiger partial charge in [0.1, 0.15) is 0 Å². The van der Waals surface area contributed by atoms with Crippen molar-refractivity contribution in [1.82, 2.24) is 4.72 Å². The number of ether oxygens (including phenoxy) is 1. The molecule has 0 unspecified atom stereocenters. The Bertz CT molecular complexity index is 870. The molecule has 0 bridgehead atoms. The summed E-state index contributed by atoms with van der Waals surface area (Å²) in [6.45, 7) is 2.63. The highest BCUT2D eigenvalue weighted by Gasteiger charge is 2.28. The van der Waals surface area contributed by atoms with E-state index >= 15 is 0 Å². The van der Waals surface area contributed by atoms with Gasteiger partial charge in [-0.15, -0.1) is 0 Å². The smallest absolute Gasteiger partial charge is 0.308 e. The van der Waals surface area contributed by atoms with E-state index in [1.54, 1.807) is 12.1 Å². The average molecular weight is 375 g/mol. The van der Waals surface area contributed by atoms with Gasteiger partial charge < -0.3 is 4.74 Å². The number of rotatable bonds is 6. The molecule has 6 heteroatoms. The summed E-state index contributed by atoms with van der Waals surface area (Å²) in [5.41, 5.74) is 0. The van der Waals surface area contributed by atoms with E-state index < -0.39 is 10.0 Å². The number of carbonyl (C=O) groups excluding carboxylic acids is 1. The summed E-state index contributed by atoms with van der Waals surface area (Å²) >= 11 is 0. The number of fused-ring (bicyclic) bond motifs is 1. The zero-order valence-corrected chi connectivity index (χ0v) is 15.8. The van der Waals surface area contributed by atoms with Crippen molar-refractivity contribution in [3.05, 3.63) is 42.5 Å². The Hall–Kier alpha value is -1.92. The first-order chi connectivity index (χ1) is 12.5. The Kier molecular flexibility index (Phi) is 5.94. The molecule has 1 saturated carbocycles. The minimum Gasteiger partial charge on any atom is -0.466 e. The molecule has 140 valence electrons. The summed E-state index contributed by atoms with van der Waals surface area (Å²) in [5.74, 6) is 0.0990. The van der Waals surface area contributed by atoms with Crippen LogP contribution in [-0.4, -0.2) is 27.5 Å². The monoisotopic (exact) mass is 375 g/mol. The summed E-state index contributed by atoms with van der Waals surface area (Å²) in [6, 6.07) is 12.9. The van der Waals surface area contributed by atoms with E-state index in [9.17, 15) is 13.2 Å². The third kappa shape index (κ3) is 4.43. The van der Waals surface area contributed by atoms with Crippen molar-refractivity contribution in [3.8, 4) is 0 Å². The summed E-state index contributed by atoms with van der Waals surface area (Å²) in [7, 11) is -3.53.